The molecule has 4 nitrogen and oxygen atoms in total. The number of rotatable bonds is 3. The van der Waals surface area contributed by atoms with E-state index < -0.39 is 0 Å². The van der Waals surface area contributed by atoms with Crippen LogP contribution in [-0.4, -0.2) is 21.7 Å². The maximum atomic E-state index is 5.53. The van der Waals surface area contributed by atoms with Crippen LogP contribution >= 0.6 is 0 Å². The molecule has 0 spiro atoms. The van der Waals surface area contributed by atoms with Gasteiger partial charge in [0.05, 0.1) is 5.69 Å². The fourth-order valence-electron chi connectivity index (χ4n) is 1.66. The first-order valence-corrected chi connectivity index (χ1v) is 4.70. The fourth-order valence-corrected chi connectivity index (χ4v) is 1.66. The van der Waals surface area contributed by atoms with Gasteiger partial charge in [-0.1, -0.05) is 0 Å². The molecule has 0 fully saturated rings. The molecule has 0 saturated heterocycles. The van der Waals surface area contributed by atoms with Crippen LogP contribution in [0.2, 0.25) is 0 Å². The summed E-state index contributed by atoms with van der Waals surface area (Å²) in [5, 5.41) is 7.23. The molecular formula is C10H14N4. The van der Waals surface area contributed by atoms with Gasteiger partial charge in [0.1, 0.15) is 0 Å². The Bertz CT molecular complexity index is 400. The van der Waals surface area contributed by atoms with Crippen LogP contribution in [0.25, 0.3) is 11.1 Å². The molecule has 4 N–H and O–H groups in total. The van der Waals surface area contributed by atoms with Gasteiger partial charge in [-0.25, -0.2) is 0 Å². The predicted octanol–water partition coefficient (Wildman–Crippen LogP) is 1.21. The van der Waals surface area contributed by atoms with Crippen molar-refractivity contribution in [2.24, 2.45) is 5.73 Å². The molecule has 0 saturated carbocycles. The zero-order valence-corrected chi connectivity index (χ0v) is 8.17. The van der Waals surface area contributed by atoms with Crippen molar-refractivity contribution in [2.75, 3.05) is 6.54 Å². The van der Waals surface area contributed by atoms with E-state index in [0.717, 1.165) is 17.8 Å². The Morgan fingerprint density at radius 2 is 2.36 bits per heavy atom. The summed E-state index contributed by atoms with van der Waals surface area (Å²) in [5.74, 6) is 0. The summed E-state index contributed by atoms with van der Waals surface area (Å²) in [6.07, 6.45) is 4.69. The topological polar surface area (TPSA) is 70.5 Å². The first kappa shape index (κ1) is 9.02. The molecule has 2 heterocycles. The molecule has 0 aliphatic carbocycles. The van der Waals surface area contributed by atoms with Crippen LogP contribution in [0.5, 0.6) is 0 Å². The van der Waals surface area contributed by atoms with Gasteiger partial charge in [0.25, 0.3) is 0 Å². The zero-order chi connectivity index (χ0) is 9.97. The van der Waals surface area contributed by atoms with E-state index in [-0.39, 0.29) is 0 Å². The number of hydrogen-bond acceptors (Lipinski definition) is 2. The molecule has 0 bridgehead atoms. The van der Waals surface area contributed by atoms with Gasteiger partial charge in [-0.3, -0.25) is 5.10 Å². The Morgan fingerprint density at radius 3 is 3.00 bits per heavy atom. The number of aryl methyl sites for hydroxylation is 1. The monoisotopic (exact) mass is 190 g/mol. The van der Waals surface area contributed by atoms with Crippen molar-refractivity contribution in [3.63, 3.8) is 0 Å². The first-order chi connectivity index (χ1) is 6.83. The van der Waals surface area contributed by atoms with E-state index in [0.29, 0.717) is 6.54 Å². The van der Waals surface area contributed by atoms with E-state index in [1.807, 2.05) is 25.4 Å². The summed E-state index contributed by atoms with van der Waals surface area (Å²) in [7, 11) is 0. The maximum Gasteiger partial charge on any atom is 0.0716 e. The Morgan fingerprint density at radius 1 is 1.50 bits per heavy atom. The summed E-state index contributed by atoms with van der Waals surface area (Å²) < 4.78 is 0. The summed E-state index contributed by atoms with van der Waals surface area (Å²) >= 11 is 0. The van der Waals surface area contributed by atoms with Gasteiger partial charge in [-0.05, 0) is 19.5 Å². The molecule has 2 aromatic heterocycles. The molecule has 0 aromatic carbocycles. The Balaban J connectivity index is 2.45. The highest BCUT2D eigenvalue weighted by Crippen LogP contribution is 2.25. The highest BCUT2D eigenvalue weighted by Gasteiger charge is 2.11. The van der Waals surface area contributed by atoms with Crippen molar-refractivity contribution in [1.82, 2.24) is 15.2 Å². The lowest BCUT2D eigenvalue weighted by Gasteiger charge is -1.99. The Labute approximate surface area is 82.5 Å². The molecule has 0 aliphatic rings. The molecule has 0 aliphatic heterocycles. The average Bonchev–Trinajstić information content (AvgIpc) is 2.76. The Hall–Kier alpha value is -1.55. The third kappa shape index (κ3) is 1.44. The number of nitrogens with one attached hydrogen (secondary N) is 2. The maximum absolute atomic E-state index is 5.53. The number of hydrogen-bond donors (Lipinski definition) is 3. The molecule has 4 heteroatoms. The number of aromatic nitrogens is 3. The number of H-pyrrole nitrogens is 2. The summed E-state index contributed by atoms with van der Waals surface area (Å²) in [6.45, 7) is 2.65. The largest absolute Gasteiger partial charge is 0.367 e. The average molecular weight is 190 g/mol. The number of nitrogens with two attached hydrogens (primary N) is 1. The van der Waals surface area contributed by atoms with Crippen molar-refractivity contribution in [3.05, 3.63) is 29.8 Å². The van der Waals surface area contributed by atoms with Gasteiger partial charge in [-0.2, -0.15) is 5.10 Å². The van der Waals surface area contributed by atoms with Gasteiger partial charge < -0.3 is 10.7 Å². The van der Waals surface area contributed by atoms with Crippen LogP contribution in [0, 0.1) is 6.92 Å². The zero-order valence-electron chi connectivity index (χ0n) is 8.17. The van der Waals surface area contributed by atoms with E-state index in [4.69, 9.17) is 5.73 Å². The molecule has 0 unspecified atom stereocenters. The summed E-state index contributed by atoms with van der Waals surface area (Å²) in [5.41, 5.74) is 10.0. The molecule has 2 rings (SSSR count). The standard InChI is InChI=1S/C10H14N4/c1-7-10(8-3-5-12-6-8)9(2-4-11)14-13-7/h3,5-6,12H,2,4,11H2,1H3,(H,13,14). The van der Waals surface area contributed by atoms with Crippen molar-refractivity contribution in [3.8, 4) is 11.1 Å². The van der Waals surface area contributed by atoms with Crippen molar-refractivity contribution >= 4 is 0 Å². The van der Waals surface area contributed by atoms with E-state index in [1.165, 1.54) is 11.1 Å². The quantitative estimate of drug-likeness (QED) is 0.681. The summed E-state index contributed by atoms with van der Waals surface area (Å²) in [6, 6.07) is 2.04. The molecule has 14 heavy (non-hydrogen) atoms. The van der Waals surface area contributed by atoms with Gasteiger partial charge in [0.15, 0.2) is 0 Å². The molecular weight excluding hydrogens is 176 g/mol. The van der Waals surface area contributed by atoms with Crippen molar-refractivity contribution < 1.29 is 0 Å². The summed E-state index contributed by atoms with van der Waals surface area (Å²) in [4.78, 5) is 3.04. The second kappa shape index (κ2) is 3.67. The first-order valence-electron chi connectivity index (χ1n) is 4.70. The van der Waals surface area contributed by atoms with Crippen LogP contribution < -0.4 is 5.73 Å². The van der Waals surface area contributed by atoms with Crippen LogP contribution in [0.15, 0.2) is 18.5 Å². The van der Waals surface area contributed by atoms with E-state index in [9.17, 15) is 0 Å². The normalized spacial score (nSPS) is 10.7. The minimum atomic E-state index is 0.627. The lowest BCUT2D eigenvalue weighted by molar-refractivity contribution is 0.899. The van der Waals surface area contributed by atoms with Crippen molar-refractivity contribution in [1.29, 1.82) is 0 Å². The van der Waals surface area contributed by atoms with E-state index in [1.54, 1.807) is 0 Å². The van der Waals surface area contributed by atoms with Gasteiger partial charge in [0.2, 0.25) is 0 Å². The predicted molar refractivity (Wildman–Crippen MR) is 55.9 cm³/mol. The van der Waals surface area contributed by atoms with Crippen LogP contribution in [0.4, 0.5) is 0 Å². The number of nitrogens with zero attached hydrogens (tertiary/aromatic N) is 1. The lowest BCUT2D eigenvalue weighted by Crippen LogP contribution is -2.03. The molecule has 0 amide bonds. The molecule has 0 atom stereocenters. The van der Waals surface area contributed by atoms with Crippen molar-refractivity contribution in [2.45, 2.75) is 13.3 Å². The third-order valence-corrected chi connectivity index (χ3v) is 2.29. The Kier molecular flexibility index (Phi) is 2.37. The SMILES string of the molecule is Cc1[nH]nc(CCN)c1-c1cc[nH]c1. The third-order valence-electron chi connectivity index (χ3n) is 2.29. The lowest BCUT2D eigenvalue weighted by atomic mass is 10.1. The van der Waals surface area contributed by atoms with Crippen LogP contribution in [0.3, 0.4) is 0 Å². The van der Waals surface area contributed by atoms with Gasteiger partial charge >= 0.3 is 0 Å². The molecule has 2 aromatic rings. The highest BCUT2D eigenvalue weighted by atomic mass is 15.1. The van der Waals surface area contributed by atoms with Gasteiger partial charge in [-0.15, -0.1) is 0 Å². The molecule has 74 valence electrons. The minimum Gasteiger partial charge on any atom is -0.367 e. The number of aromatic amines is 2. The second-order valence-electron chi connectivity index (χ2n) is 3.31. The molecule has 0 radical (unpaired) electrons. The van der Waals surface area contributed by atoms with Crippen LogP contribution in [0.1, 0.15) is 11.4 Å². The minimum absolute atomic E-state index is 0.627. The smallest absolute Gasteiger partial charge is 0.0716 e. The van der Waals surface area contributed by atoms with Gasteiger partial charge in [0, 0.05) is 35.6 Å². The second-order valence-corrected chi connectivity index (χ2v) is 3.31. The van der Waals surface area contributed by atoms with Crippen LogP contribution in [-0.2, 0) is 6.42 Å². The fraction of sp³-hybridized carbons (Fsp3) is 0.300. The highest BCUT2D eigenvalue weighted by molar-refractivity contribution is 5.67. The van der Waals surface area contributed by atoms with E-state index >= 15 is 0 Å². The van der Waals surface area contributed by atoms with E-state index in [2.05, 4.69) is 15.2 Å².